The normalized spacial score (nSPS) is 12.6. The molecule has 1 atom stereocenters. The molecule has 0 aliphatic rings. The maximum Gasteiger partial charge on any atom is 0.129 e. The van der Waals surface area contributed by atoms with Crippen LogP contribution in [0.3, 0.4) is 0 Å². The van der Waals surface area contributed by atoms with Crippen molar-refractivity contribution in [2.75, 3.05) is 13.7 Å². The van der Waals surface area contributed by atoms with Gasteiger partial charge in [0.1, 0.15) is 5.75 Å². The van der Waals surface area contributed by atoms with Gasteiger partial charge in [-0.2, -0.15) is 0 Å². The first-order valence-electron chi connectivity index (χ1n) is 5.87. The lowest BCUT2D eigenvalue weighted by Crippen LogP contribution is -2.32. The minimum Gasteiger partial charge on any atom is -0.507 e. The number of halogens is 1. The molecule has 0 spiro atoms. The molecule has 1 unspecified atom stereocenters. The molecule has 0 heterocycles. The molecule has 1 aromatic rings. The molecule has 0 amide bonds. The van der Waals surface area contributed by atoms with Gasteiger partial charge in [0.05, 0.1) is 11.1 Å². The van der Waals surface area contributed by atoms with E-state index in [2.05, 4.69) is 28.2 Å². The largest absolute Gasteiger partial charge is 0.507 e. The van der Waals surface area contributed by atoms with Gasteiger partial charge in [-0.15, -0.1) is 0 Å². The van der Waals surface area contributed by atoms with Crippen molar-refractivity contribution in [3.05, 3.63) is 28.2 Å². The van der Waals surface area contributed by atoms with E-state index >= 15 is 0 Å². The van der Waals surface area contributed by atoms with Gasteiger partial charge in [0, 0.05) is 19.7 Å². The highest BCUT2D eigenvalue weighted by molar-refractivity contribution is 9.10. The molecule has 0 aliphatic heterocycles. The summed E-state index contributed by atoms with van der Waals surface area (Å²) in [7, 11) is 1.72. The van der Waals surface area contributed by atoms with Crippen LogP contribution < -0.4 is 5.32 Å². The van der Waals surface area contributed by atoms with Crippen LogP contribution in [0.1, 0.15) is 25.3 Å². The number of phenolic OH excluding ortho intramolecular Hbond substituents is 1. The fourth-order valence-electron chi connectivity index (χ4n) is 1.72. The number of methoxy groups -OCH3 is 1. The number of nitrogens with one attached hydrogen (secondary N) is 1. The van der Waals surface area contributed by atoms with Gasteiger partial charge in [0.15, 0.2) is 0 Å². The quantitative estimate of drug-likeness (QED) is 0.813. The molecule has 0 aromatic heterocycles. The van der Waals surface area contributed by atoms with Crippen molar-refractivity contribution in [3.8, 4) is 5.75 Å². The molecule has 0 saturated carbocycles. The summed E-state index contributed by atoms with van der Waals surface area (Å²) in [6, 6.07) is 5.94. The van der Waals surface area contributed by atoms with E-state index in [0.29, 0.717) is 6.04 Å². The molecule has 3 nitrogen and oxygen atoms in total. The van der Waals surface area contributed by atoms with Crippen LogP contribution in [-0.2, 0) is 11.3 Å². The van der Waals surface area contributed by atoms with Crippen LogP contribution in [0.4, 0.5) is 0 Å². The van der Waals surface area contributed by atoms with Crippen molar-refractivity contribution in [2.45, 2.75) is 32.4 Å². The molecule has 1 aromatic carbocycles. The molecule has 96 valence electrons. The second kappa shape index (κ2) is 7.69. The molecular formula is C13H20BrNO2. The predicted molar refractivity (Wildman–Crippen MR) is 73.2 cm³/mol. The van der Waals surface area contributed by atoms with Gasteiger partial charge in [-0.1, -0.05) is 19.4 Å². The Morgan fingerprint density at radius 2 is 2.24 bits per heavy atom. The van der Waals surface area contributed by atoms with E-state index in [1.54, 1.807) is 13.2 Å². The van der Waals surface area contributed by atoms with Crippen LogP contribution in [0.5, 0.6) is 5.75 Å². The molecule has 2 N–H and O–H groups in total. The Bertz CT molecular complexity index is 338. The van der Waals surface area contributed by atoms with E-state index in [0.717, 1.165) is 36.0 Å². The van der Waals surface area contributed by atoms with Gasteiger partial charge in [0.25, 0.3) is 0 Å². The zero-order valence-corrected chi connectivity index (χ0v) is 12.0. The molecule has 0 bridgehead atoms. The van der Waals surface area contributed by atoms with Gasteiger partial charge in [-0.25, -0.2) is 0 Å². The zero-order valence-electron chi connectivity index (χ0n) is 10.4. The number of ether oxygens (including phenoxy) is 1. The molecular weight excluding hydrogens is 282 g/mol. The maximum atomic E-state index is 9.40. The summed E-state index contributed by atoms with van der Waals surface area (Å²) in [6.07, 6.45) is 2.24. The zero-order chi connectivity index (χ0) is 12.7. The van der Waals surface area contributed by atoms with Crippen molar-refractivity contribution in [1.82, 2.24) is 5.32 Å². The molecule has 0 saturated heterocycles. The summed E-state index contributed by atoms with van der Waals surface area (Å²) in [5.41, 5.74) is 1.15. The molecule has 4 heteroatoms. The summed E-state index contributed by atoms with van der Waals surface area (Å²) >= 11 is 3.31. The van der Waals surface area contributed by atoms with Crippen LogP contribution in [0.15, 0.2) is 22.7 Å². The van der Waals surface area contributed by atoms with Gasteiger partial charge < -0.3 is 15.2 Å². The van der Waals surface area contributed by atoms with Gasteiger partial charge in [0.2, 0.25) is 0 Å². The van der Waals surface area contributed by atoms with Crippen molar-refractivity contribution in [3.63, 3.8) is 0 Å². The lowest BCUT2D eigenvalue weighted by Gasteiger charge is -2.17. The van der Waals surface area contributed by atoms with Crippen LogP contribution in [0.25, 0.3) is 0 Å². The monoisotopic (exact) mass is 301 g/mol. The van der Waals surface area contributed by atoms with Crippen LogP contribution in [0, 0.1) is 0 Å². The topological polar surface area (TPSA) is 41.5 Å². The summed E-state index contributed by atoms with van der Waals surface area (Å²) < 4.78 is 5.91. The van der Waals surface area contributed by atoms with Crippen LogP contribution >= 0.6 is 15.9 Å². The molecule has 17 heavy (non-hydrogen) atoms. The Morgan fingerprint density at radius 3 is 2.82 bits per heavy atom. The Labute approximate surface area is 111 Å². The van der Waals surface area contributed by atoms with E-state index < -0.39 is 0 Å². The van der Waals surface area contributed by atoms with Crippen molar-refractivity contribution in [1.29, 1.82) is 0 Å². The average Bonchev–Trinajstić information content (AvgIpc) is 2.31. The summed E-state index contributed by atoms with van der Waals surface area (Å²) in [6.45, 7) is 3.68. The molecule has 0 fully saturated rings. The van der Waals surface area contributed by atoms with E-state index in [1.165, 1.54) is 0 Å². The van der Waals surface area contributed by atoms with Crippen molar-refractivity contribution < 1.29 is 9.84 Å². The lowest BCUT2D eigenvalue weighted by atomic mass is 10.1. The Hall–Kier alpha value is -0.580. The van der Waals surface area contributed by atoms with Crippen molar-refractivity contribution in [2.24, 2.45) is 0 Å². The third-order valence-corrected chi connectivity index (χ3v) is 3.25. The van der Waals surface area contributed by atoms with Gasteiger partial charge in [-0.3, -0.25) is 0 Å². The predicted octanol–water partition coefficient (Wildman–Crippen LogP) is 3.06. The SMILES string of the molecule is CCCC(COC)NCc1ccc(O)c(Br)c1. The van der Waals surface area contributed by atoms with Gasteiger partial charge >= 0.3 is 0 Å². The average molecular weight is 302 g/mol. The number of hydrogen-bond donors (Lipinski definition) is 2. The third-order valence-electron chi connectivity index (χ3n) is 2.61. The number of hydrogen-bond acceptors (Lipinski definition) is 3. The van der Waals surface area contributed by atoms with Crippen molar-refractivity contribution >= 4 is 15.9 Å². The fraction of sp³-hybridized carbons (Fsp3) is 0.538. The minimum absolute atomic E-state index is 0.274. The standard InChI is InChI=1S/C13H20BrNO2/c1-3-4-11(9-17-2)15-8-10-5-6-13(16)12(14)7-10/h5-7,11,15-16H,3-4,8-9H2,1-2H3. The number of aromatic hydroxyl groups is 1. The van der Waals surface area contributed by atoms with Crippen LogP contribution in [0.2, 0.25) is 0 Å². The second-order valence-electron chi connectivity index (χ2n) is 4.11. The summed E-state index contributed by atoms with van der Waals surface area (Å²) in [5.74, 6) is 0.274. The number of benzene rings is 1. The minimum atomic E-state index is 0.274. The van der Waals surface area contributed by atoms with E-state index in [1.807, 2.05) is 12.1 Å². The lowest BCUT2D eigenvalue weighted by molar-refractivity contribution is 0.161. The van der Waals surface area contributed by atoms with E-state index in [4.69, 9.17) is 4.74 Å². The van der Waals surface area contributed by atoms with Crippen LogP contribution in [-0.4, -0.2) is 24.9 Å². The van der Waals surface area contributed by atoms with E-state index in [9.17, 15) is 5.11 Å². The highest BCUT2D eigenvalue weighted by Crippen LogP contribution is 2.24. The highest BCUT2D eigenvalue weighted by Gasteiger charge is 2.07. The number of rotatable bonds is 7. The Balaban J connectivity index is 2.49. The summed E-state index contributed by atoms with van der Waals surface area (Å²) in [5, 5.41) is 12.9. The Morgan fingerprint density at radius 1 is 1.47 bits per heavy atom. The second-order valence-corrected chi connectivity index (χ2v) is 4.96. The first-order chi connectivity index (χ1) is 8.17. The summed E-state index contributed by atoms with van der Waals surface area (Å²) in [4.78, 5) is 0. The first-order valence-corrected chi connectivity index (χ1v) is 6.66. The first kappa shape index (κ1) is 14.5. The van der Waals surface area contributed by atoms with Gasteiger partial charge in [-0.05, 0) is 40.0 Å². The highest BCUT2D eigenvalue weighted by atomic mass is 79.9. The molecule has 1 rings (SSSR count). The fourth-order valence-corrected chi connectivity index (χ4v) is 2.14. The smallest absolute Gasteiger partial charge is 0.129 e. The maximum absolute atomic E-state index is 9.40. The number of phenols is 1. The molecule has 0 aliphatic carbocycles. The molecule has 0 radical (unpaired) electrons. The third kappa shape index (κ3) is 5.06. The Kier molecular flexibility index (Phi) is 6.55. The van der Waals surface area contributed by atoms with E-state index in [-0.39, 0.29) is 5.75 Å².